The van der Waals surface area contributed by atoms with E-state index in [2.05, 4.69) is 4.90 Å². The minimum absolute atomic E-state index is 0.0647. The normalized spacial score (nSPS) is 14.7. The molecular weight excluding hydrogens is 336 g/mol. The molecule has 1 heterocycles. The van der Waals surface area contributed by atoms with Crippen LogP contribution in [-0.4, -0.2) is 43.1 Å². The van der Waals surface area contributed by atoms with E-state index in [0.717, 1.165) is 29.5 Å². The summed E-state index contributed by atoms with van der Waals surface area (Å²) in [6.45, 7) is 6.91. The van der Waals surface area contributed by atoms with Crippen molar-refractivity contribution in [3.8, 4) is 5.75 Å². The van der Waals surface area contributed by atoms with E-state index < -0.39 is 0 Å². The van der Waals surface area contributed by atoms with Crippen LogP contribution in [0, 0.1) is 0 Å². The molecule has 0 bridgehead atoms. The van der Waals surface area contributed by atoms with Crippen molar-refractivity contribution in [2.45, 2.75) is 20.0 Å². The van der Waals surface area contributed by atoms with E-state index in [9.17, 15) is 4.79 Å². The molecule has 0 atom stereocenters. The molecule has 0 saturated carbocycles. The summed E-state index contributed by atoms with van der Waals surface area (Å²) in [6, 6.07) is 15.2. The fourth-order valence-corrected chi connectivity index (χ4v) is 3.24. The summed E-state index contributed by atoms with van der Waals surface area (Å²) < 4.78 is 5.62. The highest BCUT2D eigenvalue weighted by Gasteiger charge is 2.23. The van der Waals surface area contributed by atoms with Crippen molar-refractivity contribution in [1.29, 1.82) is 0 Å². The van der Waals surface area contributed by atoms with Gasteiger partial charge in [0.2, 0.25) is 0 Å². The van der Waals surface area contributed by atoms with Gasteiger partial charge in [-0.15, -0.1) is 0 Å². The number of carbonyl (C=O) groups is 1. The zero-order chi connectivity index (χ0) is 17.8. The zero-order valence-corrected chi connectivity index (χ0v) is 15.4. The fraction of sp³-hybridized carbons (Fsp3) is 0.350. The number of para-hydroxylation sites is 1. The minimum atomic E-state index is 0.0647. The minimum Gasteiger partial charge on any atom is -0.491 e. The number of ether oxygens (including phenoxy) is 1. The summed E-state index contributed by atoms with van der Waals surface area (Å²) in [5.74, 6) is 0.852. The molecule has 0 N–H and O–H groups in total. The molecule has 2 aromatic rings. The van der Waals surface area contributed by atoms with E-state index >= 15 is 0 Å². The summed E-state index contributed by atoms with van der Waals surface area (Å²) in [5, 5.41) is 0.753. The molecule has 1 aliphatic rings. The number of piperazine rings is 1. The monoisotopic (exact) mass is 358 g/mol. The van der Waals surface area contributed by atoms with Crippen molar-refractivity contribution in [3.63, 3.8) is 0 Å². The second-order valence-electron chi connectivity index (χ2n) is 6.42. The van der Waals surface area contributed by atoms with Crippen LogP contribution in [0.4, 0.5) is 5.69 Å². The molecular formula is C20H23ClN2O2. The van der Waals surface area contributed by atoms with Crippen LogP contribution in [0.2, 0.25) is 5.02 Å². The van der Waals surface area contributed by atoms with E-state index in [4.69, 9.17) is 16.3 Å². The predicted molar refractivity (Wildman–Crippen MR) is 102 cm³/mol. The lowest BCUT2D eigenvalue weighted by Gasteiger charge is -2.36. The standard InChI is InChI=1S/C20H23ClN2O2/c1-15(2)25-17-9-7-16(8-10-17)20(24)23-13-11-22(12-14-23)19-6-4-3-5-18(19)21/h3-10,15H,11-14H2,1-2H3. The molecule has 0 aromatic heterocycles. The highest BCUT2D eigenvalue weighted by atomic mass is 35.5. The van der Waals surface area contributed by atoms with Crippen LogP contribution in [0.3, 0.4) is 0 Å². The number of anilines is 1. The largest absolute Gasteiger partial charge is 0.491 e. The number of rotatable bonds is 4. The van der Waals surface area contributed by atoms with Gasteiger partial charge in [-0.1, -0.05) is 23.7 Å². The van der Waals surface area contributed by atoms with Gasteiger partial charge in [-0.25, -0.2) is 0 Å². The number of nitrogens with zero attached hydrogens (tertiary/aromatic N) is 2. The Morgan fingerprint density at radius 1 is 1.00 bits per heavy atom. The maximum absolute atomic E-state index is 12.7. The van der Waals surface area contributed by atoms with Crippen LogP contribution in [0.25, 0.3) is 0 Å². The van der Waals surface area contributed by atoms with Gasteiger partial charge in [-0.2, -0.15) is 0 Å². The Kier molecular flexibility index (Phi) is 5.49. The Morgan fingerprint density at radius 3 is 2.24 bits per heavy atom. The van der Waals surface area contributed by atoms with Gasteiger partial charge in [0.25, 0.3) is 5.91 Å². The molecule has 0 unspecified atom stereocenters. The van der Waals surface area contributed by atoms with Gasteiger partial charge in [0, 0.05) is 31.7 Å². The van der Waals surface area contributed by atoms with E-state index in [0.29, 0.717) is 18.7 Å². The molecule has 3 rings (SSSR count). The van der Waals surface area contributed by atoms with Gasteiger partial charge in [0.1, 0.15) is 5.75 Å². The number of carbonyl (C=O) groups excluding carboxylic acids is 1. The average molecular weight is 359 g/mol. The fourth-order valence-electron chi connectivity index (χ4n) is 2.99. The van der Waals surface area contributed by atoms with E-state index in [1.54, 1.807) is 0 Å². The Balaban J connectivity index is 1.61. The smallest absolute Gasteiger partial charge is 0.253 e. The van der Waals surface area contributed by atoms with Crippen LogP contribution in [0.5, 0.6) is 5.75 Å². The average Bonchev–Trinajstić information content (AvgIpc) is 2.62. The molecule has 1 amide bonds. The van der Waals surface area contributed by atoms with Crippen LogP contribution in [0.15, 0.2) is 48.5 Å². The van der Waals surface area contributed by atoms with Crippen LogP contribution < -0.4 is 9.64 Å². The summed E-state index contributed by atoms with van der Waals surface area (Å²) in [5.41, 5.74) is 1.73. The third-order valence-corrected chi connectivity index (χ3v) is 4.55. The van der Waals surface area contributed by atoms with Crippen molar-refractivity contribution in [2.75, 3.05) is 31.1 Å². The lowest BCUT2D eigenvalue weighted by atomic mass is 10.1. The molecule has 0 aliphatic carbocycles. The Hall–Kier alpha value is -2.20. The first-order valence-corrected chi connectivity index (χ1v) is 8.98. The molecule has 25 heavy (non-hydrogen) atoms. The van der Waals surface area contributed by atoms with Crippen molar-refractivity contribution in [3.05, 3.63) is 59.1 Å². The van der Waals surface area contributed by atoms with Crippen LogP contribution in [0.1, 0.15) is 24.2 Å². The van der Waals surface area contributed by atoms with Crippen LogP contribution >= 0.6 is 11.6 Å². The van der Waals surface area contributed by atoms with Gasteiger partial charge in [-0.3, -0.25) is 4.79 Å². The zero-order valence-electron chi connectivity index (χ0n) is 14.6. The Bertz CT molecular complexity index is 723. The van der Waals surface area contributed by atoms with Crippen LogP contribution in [-0.2, 0) is 0 Å². The van der Waals surface area contributed by atoms with Gasteiger partial charge in [-0.05, 0) is 50.2 Å². The molecule has 1 saturated heterocycles. The molecule has 4 nitrogen and oxygen atoms in total. The first kappa shape index (κ1) is 17.6. The molecule has 1 aliphatic heterocycles. The Morgan fingerprint density at radius 2 is 1.64 bits per heavy atom. The van der Waals surface area contributed by atoms with Gasteiger partial charge < -0.3 is 14.5 Å². The lowest BCUT2D eigenvalue weighted by molar-refractivity contribution is 0.0747. The van der Waals surface area contributed by atoms with Crippen molar-refractivity contribution < 1.29 is 9.53 Å². The summed E-state index contributed by atoms with van der Waals surface area (Å²) in [4.78, 5) is 16.8. The second kappa shape index (κ2) is 7.79. The predicted octanol–water partition coefficient (Wildman–Crippen LogP) is 4.09. The first-order valence-electron chi connectivity index (χ1n) is 8.60. The SMILES string of the molecule is CC(C)Oc1ccc(C(=O)N2CCN(c3ccccc3Cl)CC2)cc1. The second-order valence-corrected chi connectivity index (χ2v) is 6.83. The van der Waals surface area contributed by atoms with Crippen molar-refractivity contribution in [2.24, 2.45) is 0 Å². The molecule has 2 aromatic carbocycles. The number of halogens is 1. The maximum Gasteiger partial charge on any atom is 0.253 e. The molecule has 132 valence electrons. The van der Waals surface area contributed by atoms with Gasteiger partial charge >= 0.3 is 0 Å². The van der Waals surface area contributed by atoms with E-state index in [1.807, 2.05) is 67.3 Å². The van der Waals surface area contributed by atoms with Gasteiger partial charge in [0.05, 0.1) is 16.8 Å². The molecule has 1 fully saturated rings. The third kappa shape index (κ3) is 4.26. The number of amides is 1. The molecule has 5 heteroatoms. The number of hydrogen-bond donors (Lipinski definition) is 0. The highest BCUT2D eigenvalue weighted by molar-refractivity contribution is 6.33. The molecule has 0 spiro atoms. The lowest BCUT2D eigenvalue weighted by Crippen LogP contribution is -2.48. The highest BCUT2D eigenvalue weighted by Crippen LogP contribution is 2.26. The van der Waals surface area contributed by atoms with E-state index in [1.165, 1.54) is 0 Å². The van der Waals surface area contributed by atoms with Gasteiger partial charge in [0.15, 0.2) is 0 Å². The third-order valence-electron chi connectivity index (χ3n) is 4.23. The summed E-state index contributed by atoms with van der Waals surface area (Å²) >= 11 is 6.27. The summed E-state index contributed by atoms with van der Waals surface area (Å²) in [7, 11) is 0. The van der Waals surface area contributed by atoms with Crippen molar-refractivity contribution >= 4 is 23.2 Å². The molecule has 0 radical (unpaired) electrons. The van der Waals surface area contributed by atoms with E-state index in [-0.39, 0.29) is 12.0 Å². The maximum atomic E-state index is 12.7. The number of hydrogen-bond acceptors (Lipinski definition) is 3. The quantitative estimate of drug-likeness (QED) is 0.825. The summed E-state index contributed by atoms with van der Waals surface area (Å²) in [6.07, 6.45) is 0.124. The van der Waals surface area contributed by atoms with Crippen molar-refractivity contribution in [1.82, 2.24) is 4.90 Å². The number of benzene rings is 2. The topological polar surface area (TPSA) is 32.8 Å². The Labute approximate surface area is 154 Å². The first-order chi connectivity index (χ1) is 12.0.